The van der Waals surface area contributed by atoms with Gasteiger partial charge in [0.25, 0.3) is 10.0 Å². The van der Waals surface area contributed by atoms with Gasteiger partial charge in [0.1, 0.15) is 16.4 Å². The molecule has 0 bridgehead atoms. The van der Waals surface area contributed by atoms with Gasteiger partial charge in [-0.3, -0.25) is 4.72 Å². The summed E-state index contributed by atoms with van der Waals surface area (Å²) in [7, 11) is -3.86. The van der Waals surface area contributed by atoms with Crippen molar-refractivity contribution >= 4 is 21.8 Å². The minimum absolute atomic E-state index is 0.0572. The van der Waals surface area contributed by atoms with Crippen molar-refractivity contribution in [3.63, 3.8) is 0 Å². The van der Waals surface area contributed by atoms with Crippen molar-refractivity contribution in [3.8, 4) is 0 Å². The van der Waals surface area contributed by atoms with Crippen molar-refractivity contribution in [2.45, 2.75) is 24.8 Å². The summed E-state index contributed by atoms with van der Waals surface area (Å²) in [6, 6.07) is 5.97. The summed E-state index contributed by atoms with van der Waals surface area (Å²) in [5.41, 5.74) is -0.0572. The zero-order valence-electron chi connectivity index (χ0n) is 11.4. The van der Waals surface area contributed by atoms with Crippen molar-refractivity contribution < 1.29 is 18.3 Å². The second-order valence-electron chi connectivity index (χ2n) is 4.38. The number of sulfonamides is 1. The van der Waals surface area contributed by atoms with Crippen LogP contribution in [0, 0.1) is 0 Å². The van der Waals surface area contributed by atoms with E-state index < -0.39 is 16.0 Å². The zero-order chi connectivity index (χ0) is 15.5. The molecule has 0 unspecified atom stereocenters. The van der Waals surface area contributed by atoms with E-state index in [1.165, 1.54) is 23.0 Å². The van der Waals surface area contributed by atoms with Crippen LogP contribution in [-0.4, -0.2) is 29.0 Å². The van der Waals surface area contributed by atoms with Crippen LogP contribution in [0.1, 0.15) is 23.8 Å². The van der Waals surface area contributed by atoms with E-state index >= 15 is 0 Å². The van der Waals surface area contributed by atoms with E-state index in [9.17, 15) is 13.2 Å². The Morgan fingerprint density at radius 3 is 2.76 bits per heavy atom. The average Bonchev–Trinajstić information content (AvgIpc) is 2.85. The largest absolute Gasteiger partial charge is 0.477 e. The molecule has 7 nitrogen and oxygen atoms in total. The lowest BCUT2D eigenvalue weighted by atomic mass is 10.4. The Morgan fingerprint density at radius 2 is 2.19 bits per heavy atom. The van der Waals surface area contributed by atoms with Crippen molar-refractivity contribution in [1.29, 1.82) is 0 Å². The first-order valence-corrected chi connectivity index (χ1v) is 7.79. The maximum absolute atomic E-state index is 12.2. The molecular formula is C13H15N3O4S. The van der Waals surface area contributed by atoms with E-state index in [1.54, 1.807) is 12.1 Å². The molecule has 0 amide bonds. The van der Waals surface area contributed by atoms with Crippen LogP contribution in [0.25, 0.3) is 0 Å². The number of carbonyl (C=O) groups is 1. The highest BCUT2D eigenvalue weighted by molar-refractivity contribution is 7.92. The van der Waals surface area contributed by atoms with Gasteiger partial charge >= 0.3 is 5.97 Å². The van der Waals surface area contributed by atoms with E-state index in [-0.39, 0.29) is 16.4 Å². The number of rotatable bonds is 6. The molecule has 0 fully saturated rings. The van der Waals surface area contributed by atoms with Gasteiger partial charge in [-0.15, -0.1) is 0 Å². The van der Waals surface area contributed by atoms with Crippen molar-refractivity contribution in [2.24, 2.45) is 0 Å². The molecule has 0 atom stereocenters. The molecule has 112 valence electrons. The van der Waals surface area contributed by atoms with Crippen LogP contribution in [0.5, 0.6) is 0 Å². The fraction of sp³-hybridized carbons (Fsp3) is 0.231. The summed E-state index contributed by atoms with van der Waals surface area (Å²) in [6.07, 6.45) is 3.48. The highest BCUT2D eigenvalue weighted by Crippen LogP contribution is 2.18. The molecular weight excluding hydrogens is 294 g/mol. The van der Waals surface area contributed by atoms with Gasteiger partial charge in [0.2, 0.25) is 0 Å². The molecule has 0 aliphatic heterocycles. The van der Waals surface area contributed by atoms with Crippen LogP contribution < -0.4 is 4.72 Å². The maximum atomic E-state index is 12.2. The molecule has 0 radical (unpaired) electrons. The summed E-state index contributed by atoms with van der Waals surface area (Å²) >= 11 is 0. The normalized spacial score (nSPS) is 11.3. The Kier molecular flexibility index (Phi) is 4.27. The third-order valence-corrected chi connectivity index (χ3v) is 4.09. The molecule has 8 heteroatoms. The minimum atomic E-state index is -3.86. The fourth-order valence-corrected chi connectivity index (χ4v) is 2.90. The number of aromatic carboxylic acids is 1. The summed E-state index contributed by atoms with van der Waals surface area (Å²) in [6.45, 7) is 2.31. The summed E-state index contributed by atoms with van der Waals surface area (Å²) in [4.78, 5) is 14.9. The van der Waals surface area contributed by atoms with E-state index in [4.69, 9.17) is 5.11 Å². The molecule has 0 saturated carbocycles. The second kappa shape index (κ2) is 5.96. The highest BCUT2D eigenvalue weighted by Gasteiger charge is 2.21. The van der Waals surface area contributed by atoms with Gasteiger partial charge in [-0.1, -0.05) is 13.0 Å². The number of carboxylic acid groups (broad SMARTS) is 1. The molecule has 0 aliphatic carbocycles. The number of nitrogens with one attached hydrogen (secondary N) is 1. The smallest absolute Gasteiger partial charge is 0.352 e. The number of anilines is 1. The van der Waals surface area contributed by atoms with Gasteiger partial charge in [-0.2, -0.15) is 0 Å². The first-order valence-electron chi connectivity index (χ1n) is 6.31. The molecule has 2 aromatic heterocycles. The Morgan fingerprint density at radius 1 is 1.43 bits per heavy atom. The summed E-state index contributed by atoms with van der Waals surface area (Å²) in [5.74, 6) is -0.986. The first kappa shape index (κ1) is 15.0. The number of aryl methyl sites for hydroxylation is 1. The Balaban J connectivity index is 2.36. The van der Waals surface area contributed by atoms with Crippen LogP contribution in [0.15, 0.2) is 41.6 Å². The fourth-order valence-electron chi connectivity index (χ4n) is 1.86. The van der Waals surface area contributed by atoms with Gasteiger partial charge < -0.3 is 9.67 Å². The Bertz CT molecular complexity index is 738. The van der Waals surface area contributed by atoms with Gasteiger partial charge in [0.05, 0.1) is 0 Å². The van der Waals surface area contributed by atoms with E-state index in [2.05, 4.69) is 9.71 Å². The van der Waals surface area contributed by atoms with Gasteiger partial charge in [0, 0.05) is 18.9 Å². The predicted molar refractivity (Wildman–Crippen MR) is 76.7 cm³/mol. The SMILES string of the molecule is CCCn1cc(S(=O)(=O)Nc2ccccn2)cc1C(=O)O. The molecule has 2 rings (SSSR count). The second-order valence-corrected chi connectivity index (χ2v) is 6.06. The third-order valence-electron chi connectivity index (χ3n) is 2.77. The summed E-state index contributed by atoms with van der Waals surface area (Å²) in [5, 5.41) is 9.11. The van der Waals surface area contributed by atoms with Gasteiger partial charge in [0.15, 0.2) is 0 Å². The topological polar surface area (TPSA) is 101 Å². The lowest BCUT2D eigenvalue weighted by Gasteiger charge is -2.05. The quantitative estimate of drug-likeness (QED) is 0.847. The van der Waals surface area contributed by atoms with Crippen LogP contribution in [0.2, 0.25) is 0 Å². The Hall–Kier alpha value is -2.35. The monoisotopic (exact) mass is 309 g/mol. The molecule has 2 heterocycles. The lowest BCUT2D eigenvalue weighted by Crippen LogP contribution is -2.13. The number of carboxylic acids is 1. The summed E-state index contributed by atoms with van der Waals surface area (Å²) < 4.78 is 28.2. The van der Waals surface area contributed by atoms with E-state index in [0.29, 0.717) is 13.0 Å². The first-order chi connectivity index (χ1) is 9.94. The third kappa shape index (κ3) is 3.40. The van der Waals surface area contributed by atoms with E-state index in [0.717, 1.165) is 6.07 Å². The van der Waals surface area contributed by atoms with E-state index in [1.807, 2.05) is 6.92 Å². The number of aromatic nitrogens is 2. The number of nitrogens with zero attached hydrogens (tertiary/aromatic N) is 2. The molecule has 2 N–H and O–H groups in total. The molecule has 0 aromatic carbocycles. The average molecular weight is 309 g/mol. The van der Waals surface area contributed by atoms with Crippen LogP contribution in [0.3, 0.4) is 0 Å². The Labute approximate surface area is 122 Å². The van der Waals surface area contributed by atoms with Crippen LogP contribution in [0.4, 0.5) is 5.82 Å². The number of pyridine rings is 1. The minimum Gasteiger partial charge on any atom is -0.477 e. The molecule has 21 heavy (non-hydrogen) atoms. The molecule has 0 saturated heterocycles. The van der Waals surface area contributed by atoms with Gasteiger partial charge in [-0.25, -0.2) is 18.2 Å². The predicted octanol–water partition coefficient (Wildman–Crippen LogP) is 1.79. The lowest BCUT2D eigenvalue weighted by molar-refractivity contribution is 0.0685. The van der Waals surface area contributed by atoms with Crippen molar-refractivity contribution in [1.82, 2.24) is 9.55 Å². The zero-order valence-corrected chi connectivity index (χ0v) is 12.2. The number of hydrogen-bond acceptors (Lipinski definition) is 4. The van der Waals surface area contributed by atoms with Crippen molar-refractivity contribution in [3.05, 3.63) is 42.4 Å². The molecule has 0 aliphatic rings. The molecule has 2 aromatic rings. The molecule has 0 spiro atoms. The van der Waals surface area contributed by atoms with Crippen LogP contribution in [-0.2, 0) is 16.6 Å². The maximum Gasteiger partial charge on any atom is 0.352 e. The standard InChI is InChI=1S/C13H15N3O4S/c1-2-7-16-9-10(8-11(16)13(17)18)21(19,20)15-12-5-3-4-6-14-12/h3-6,8-9H,2,7H2,1H3,(H,14,15)(H,17,18). The highest BCUT2D eigenvalue weighted by atomic mass is 32.2. The van der Waals surface area contributed by atoms with Gasteiger partial charge in [-0.05, 0) is 24.6 Å². The van der Waals surface area contributed by atoms with Crippen molar-refractivity contribution in [2.75, 3.05) is 4.72 Å². The van der Waals surface area contributed by atoms with Crippen LogP contribution >= 0.6 is 0 Å². The number of hydrogen-bond donors (Lipinski definition) is 2.